The van der Waals surface area contributed by atoms with Gasteiger partial charge in [-0.2, -0.15) is 5.10 Å². The normalized spacial score (nSPS) is 20.7. The van der Waals surface area contributed by atoms with Crippen LogP contribution in [-0.2, 0) is 5.41 Å². The van der Waals surface area contributed by atoms with E-state index in [0.29, 0.717) is 0 Å². The molecule has 1 atom stereocenters. The molecule has 0 amide bonds. The van der Waals surface area contributed by atoms with Gasteiger partial charge in [-0.05, 0) is 23.3 Å². The second-order valence-corrected chi connectivity index (χ2v) is 7.69. The van der Waals surface area contributed by atoms with Crippen LogP contribution in [0.5, 0.6) is 0 Å². The molecule has 2 aromatic carbocycles. The van der Waals surface area contributed by atoms with Gasteiger partial charge in [-0.3, -0.25) is 9.88 Å². The number of amidine groups is 1. The van der Waals surface area contributed by atoms with Crippen LogP contribution >= 0.6 is 0 Å². The van der Waals surface area contributed by atoms with Crippen molar-refractivity contribution in [1.29, 1.82) is 0 Å². The molecule has 3 aromatic rings. The van der Waals surface area contributed by atoms with Crippen LogP contribution < -0.4 is 9.91 Å². The second-order valence-electron chi connectivity index (χ2n) is 7.69. The number of nitrogens with zero attached hydrogens (tertiary/aromatic N) is 4. The Balaban J connectivity index is 1.70. The molecule has 0 bridgehead atoms. The van der Waals surface area contributed by atoms with Gasteiger partial charge >= 0.3 is 0 Å². The lowest BCUT2D eigenvalue weighted by Crippen LogP contribution is -2.49. The van der Waals surface area contributed by atoms with E-state index in [2.05, 4.69) is 71.2 Å². The van der Waals surface area contributed by atoms with Crippen LogP contribution in [0.25, 0.3) is 11.1 Å². The third-order valence-electron chi connectivity index (χ3n) is 5.91. The summed E-state index contributed by atoms with van der Waals surface area (Å²) in [5, 5.41) is 7.26. The fourth-order valence-corrected chi connectivity index (χ4v) is 4.76. The fourth-order valence-electron chi connectivity index (χ4n) is 4.76. The van der Waals surface area contributed by atoms with Crippen molar-refractivity contribution in [3.8, 4) is 11.1 Å². The first-order valence-electron chi connectivity index (χ1n) is 8.98. The first kappa shape index (κ1) is 14.1. The summed E-state index contributed by atoms with van der Waals surface area (Å²) in [6, 6.07) is 19.4. The zero-order valence-corrected chi connectivity index (χ0v) is 14.7. The Morgan fingerprint density at radius 3 is 2.38 bits per heavy atom. The van der Waals surface area contributed by atoms with Gasteiger partial charge in [0.25, 0.3) is 0 Å². The average molecular weight is 338 g/mol. The standard InChI is InChI=1S/C22H18N4/c1-22(2)18-9-5-8-16-15-6-3-4-7-17(15)20-24-26(14-10-12-23-13-11-14)21(22)25(20)19(16)18/h3-13,21H,1-2H3. The van der Waals surface area contributed by atoms with E-state index in [1.54, 1.807) is 0 Å². The van der Waals surface area contributed by atoms with Gasteiger partial charge in [0.05, 0.1) is 11.4 Å². The molecule has 0 N–H and O–H groups in total. The first-order chi connectivity index (χ1) is 12.7. The van der Waals surface area contributed by atoms with Crippen molar-refractivity contribution < 1.29 is 0 Å². The molecule has 3 aliphatic heterocycles. The molecule has 1 unspecified atom stereocenters. The number of hydrazone groups is 1. The Bertz CT molecular complexity index is 1080. The number of fused-ring (bicyclic) bond motifs is 3. The van der Waals surface area contributed by atoms with Crippen molar-refractivity contribution in [3.63, 3.8) is 0 Å². The maximum Gasteiger partial charge on any atom is 0.163 e. The number of aromatic nitrogens is 1. The summed E-state index contributed by atoms with van der Waals surface area (Å²) in [6.45, 7) is 4.64. The maximum atomic E-state index is 5.09. The SMILES string of the molecule is CC1(C)c2cccc3c2N2C(=NN(c4ccncc4)C21)c1ccccc1-3. The minimum atomic E-state index is -0.0537. The molecule has 0 saturated heterocycles. The summed E-state index contributed by atoms with van der Waals surface area (Å²) < 4.78 is 0. The summed E-state index contributed by atoms with van der Waals surface area (Å²) in [5.74, 6) is 1.05. The van der Waals surface area contributed by atoms with Gasteiger partial charge in [0.2, 0.25) is 0 Å². The van der Waals surface area contributed by atoms with E-state index in [9.17, 15) is 0 Å². The molecule has 0 spiro atoms. The van der Waals surface area contributed by atoms with Crippen LogP contribution in [0.1, 0.15) is 25.0 Å². The molecule has 0 radical (unpaired) electrons. The minimum absolute atomic E-state index is 0.0537. The third kappa shape index (κ3) is 1.51. The van der Waals surface area contributed by atoms with Crippen LogP contribution in [-0.4, -0.2) is 17.0 Å². The summed E-state index contributed by atoms with van der Waals surface area (Å²) in [4.78, 5) is 6.61. The van der Waals surface area contributed by atoms with Crippen molar-refractivity contribution in [2.45, 2.75) is 25.4 Å². The van der Waals surface area contributed by atoms with Crippen molar-refractivity contribution >= 4 is 17.2 Å². The lowest BCUT2D eigenvalue weighted by atomic mass is 9.82. The van der Waals surface area contributed by atoms with Gasteiger partial charge in [-0.1, -0.05) is 56.3 Å². The highest BCUT2D eigenvalue weighted by molar-refractivity contribution is 6.22. The molecule has 0 saturated carbocycles. The summed E-state index contributed by atoms with van der Waals surface area (Å²) in [6.07, 6.45) is 3.80. The Hall–Kier alpha value is -3.14. The van der Waals surface area contributed by atoms with Crippen molar-refractivity contribution in [2.75, 3.05) is 9.91 Å². The molecule has 3 aliphatic rings. The number of benzene rings is 2. The Morgan fingerprint density at radius 1 is 0.846 bits per heavy atom. The molecule has 6 rings (SSSR count). The monoisotopic (exact) mass is 338 g/mol. The molecule has 4 heterocycles. The van der Waals surface area contributed by atoms with E-state index in [0.717, 1.165) is 11.5 Å². The molecule has 1 aromatic heterocycles. The van der Waals surface area contributed by atoms with E-state index in [4.69, 9.17) is 5.10 Å². The van der Waals surface area contributed by atoms with Gasteiger partial charge in [-0.25, -0.2) is 5.01 Å². The van der Waals surface area contributed by atoms with Crippen LogP contribution in [0.3, 0.4) is 0 Å². The van der Waals surface area contributed by atoms with Gasteiger partial charge in [0.15, 0.2) is 5.84 Å². The summed E-state index contributed by atoms with van der Waals surface area (Å²) in [7, 11) is 0. The van der Waals surface area contributed by atoms with Crippen molar-refractivity contribution in [2.24, 2.45) is 5.10 Å². The molecule has 4 nitrogen and oxygen atoms in total. The Morgan fingerprint density at radius 2 is 1.58 bits per heavy atom. The van der Waals surface area contributed by atoms with E-state index >= 15 is 0 Å². The quantitative estimate of drug-likeness (QED) is 0.660. The van der Waals surface area contributed by atoms with Crippen molar-refractivity contribution in [1.82, 2.24) is 4.98 Å². The zero-order chi connectivity index (χ0) is 17.5. The Kier molecular flexibility index (Phi) is 2.45. The predicted molar refractivity (Wildman–Crippen MR) is 104 cm³/mol. The van der Waals surface area contributed by atoms with Gasteiger partial charge in [0, 0.05) is 28.9 Å². The third-order valence-corrected chi connectivity index (χ3v) is 5.91. The van der Waals surface area contributed by atoms with Crippen LogP contribution in [0, 0.1) is 0 Å². The number of hydrogen-bond donors (Lipinski definition) is 0. The molecule has 26 heavy (non-hydrogen) atoms. The fraction of sp³-hybridized carbons (Fsp3) is 0.182. The lowest BCUT2D eigenvalue weighted by molar-refractivity contribution is 0.437. The molecule has 126 valence electrons. The number of para-hydroxylation sites is 1. The minimum Gasteiger partial charge on any atom is -0.300 e. The largest absolute Gasteiger partial charge is 0.300 e. The van der Waals surface area contributed by atoms with Crippen molar-refractivity contribution in [3.05, 3.63) is 78.1 Å². The average Bonchev–Trinajstić information content (AvgIpc) is 3.19. The van der Waals surface area contributed by atoms with Crippen LogP contribution in [0.4, 0.5) is 11.4 Å². The second kappa shape index (κ2) is 4.52. The van der Waals surface area contributed by atoms with Gasteiger partial charge in [0.1, 0.15) is 6.17 Å². The van der Waals surface area contributed by atoms with E-state index in [-0.39, 0.29) is 11.6 Å². The Labute approximate surface area is 152 Å². The lowest BCUT2D eigenvalue weighted by Gasteiger charge is -2.35. The topological polar surface area (TPSA) is 31.7 Å². The van der Waals surface area contributed by atoms with Crippen LogP contribution in [0.2, 0.25) is 0 Å². The molecule has 0 fully saturated rings. The first-order valence-corrected chi connectivity index (χ1v) is 8.98. The van der Waals surface area contributed by atoms with Gasteiger partial charge < -0.3 is 0 Å². The number of pyridine rings is 1. The van der Waals surface area contributed by atoms with Gasteiger partial charge in [-0.15, -0.1) is 0 Å². The highest BCUT2D eigenvalue weighted by Crippen LogP contribution is 2.56. The van der Waals surface area contributed by atoms with E-state index in [1.165, 1.54) is 27.9 Å². The highest BCUT2D eigenvalue weighted by atomic mass is 15.6. The molecular formula is C22H18N4. The van der Waals surface area contributed by atoms with E-state index in [1.807, 2.05) is 24.5 Å². The molecular weight excluding hydrogens is 320 g/mol. The summed E-state index contributed by atoms with van der Waals surface area (Å²) in [5.41, 5.74) is 7.51. The zero-order valence-electron chi connectivity index (χ0n) is 14.7. The van der Waals surface area contributed by atoms with E-state index < -0.39 is 0 Å². The smallest absolute Gasteiger partial charge is 0.163 e. The maximum absolute atomic E-state index is 5.09. The molecule has 4 heteroatoms. The number of rotatable bonds is 1. The number of hydrogen-bond acceptors (Lipinski definition) is 4. The predicted octanol–water partition coefficient (Wildman–Crippen LogP) is 4.37. The van der Waals surface area contributed by atoms with Crippen LogP contribution in [0.15, 0.2) is 72.1 Å². The molecule has 0 aliphatic carbocycles. The number of anilines is 2. The highest BCUT2D eigenvalue weighted by Gasteiger charge is 2.55. The summed E-state index contributed by atoms with van der Waals surface area (Å²) >= 11 is 0.